The molecule has 0 saturated carbocycles. The van der Waals surface area contributed by atoms with Crippen molar-refractivity contribution in [1.29, 1.82) is 0 Å². The molecule has 0 unspecified atom stereocenters. The van der Waals surface area contributed by atoms with Crippen LogP contribution in [0.15, 0.2) is 23.1 Å². The lowest BCUT2D eigenvalue weighted by Crippen LogP contribution is -2.47. The van der Waals surface area contributed by atoms with Crippen LogP contribution in [-0.2, 0) is 4.74 Å². The third-order valence-electron chi connectivity index (χ3n) is 3.49. The number of benzene rings is 1. The molecule has 0 spiro atoms. The molecular weight excluding hydrogens is 281 g/mol. The largest absolute Gasteiger partial charge is 0.388 e. The predicted molar refractivity (Wildman–Crippen MR) is 75.6 cm³/mol. The first-order valence-electron chi connectivity index (χ1n) is 6.45. The molecule has 0 atom stereocenters. The average molecular weight is 299 g/mol. The highest BCUT2D eigenvalue weighted by atomic mass is 32.1. The minimum absolute atomic E-state index is 0.133. The lowest BCUT2D eigenvalue weighted by molar-refractivity contribution is -0.0734. The molecule has 1 saturated heterocycles. The van der Waals surface area contributed by atoms with E-state index < -0.39 is 11.4 Å². The van der Waals surface area contributed by atoms with Gasteiger partial charge in [0.2, 0.25) is 0 Å². The third-order valence-corrected chi connectivity index (χ3v) is 3.84. The molecule has 20 heavy (non-hydrogen) atoms. The first-order valence-corrected chi connectivity index (χ1v) is 6.90. The van der Waals surface area contributed by atoms with Crippen molar-refractivity contribution in [2.75, 3.05) is 26.8 Å². The summed E-state index contributed by atoms with van der Waals surface area (Å²) in [6.07, 6.45) is 1.01. The molecule has 4 nitrogen and oxygen atoms in total. The lowest BCUT2D eigenvalue weighted by Gasteiger charge is -2.35. The van der Waals surface area contributed by atoms with Crippen molar-refractivity contribution in [3.05, 3.63) is 29.6 Å². The Morgan fingerprint density at radius 3 is 2.75 bits per heavy atom. The number of hydrogen-bond donors (Lipinski definition) is 2. The topological polar surface area (TPSA) is 49.8 Å². The number of nitrogens with zero attached hydrogens (tertiary/aromatic N) is 1. The number of ether oxygens (including phenoxy) is 1. The van der Waals surface area contributed by atoms with E-state index in [9.17, 15) is 14.3 Å². The maximum atomic E-state index is 13.1. The zero-order valence-corrected chi connectivity index (χ0v) is 12.2. The van der Waals surface area contributed by atoms with Gasteiger partial charge in [-0.05, 0) is 18.2 Å². The first-order chi connectivity index (χ1) is 9.41. The Bertz CT molecular complexity index is 503. The van der Waals surface area contributed by atoms with Crippen LogP contribution in [0.3, 0.4) is 0 Å². The fraction of sp³-hybridized carbons (Fsp3) is 0.500. The van der Waals surface area contributed by atoms with E-state index in [-0.39, 0.29) is 17.3 Å². The van der Waals surface area contributed by atoms with Crippen LogP contribution in [0.5, 0.6) is 0 Å². The Morgan fingerprint density at radius 2 is 2.15 bits per heavy atom. The Kier molecular flexibility index (Phi) is 4.67. The number of amides is 1. The minimum Gasteiger partial charge on any atom is -0.388 e. The lowest BCUT2D eigenvalue weighted by atomic mass is 9.93. The molecule has 0 aliphatic carbocycles. The quantitative estimate of drug-likeness (QED) is 0.836. The molecule has 6 heteroatoms. The van der Waals surface area contributed by atoms with E-state index in [1.165, 1.54) is 23.1 Å². The molecule has 1 aromatic carbocycles. The van der Waals surface area contributed by atoms with E-state index in [1.807, 2.05) is 0 Å². The molecule has 110 valence electrons. The van der Waals surface area contributed by atoms with Gasteiger partial charge in [0.1, 0.15) is 5.82 Å². The number of carbonyl (C=O) groups is 1. The molecule has 2 rings (SSSR count). The van der Waals surface area contributed by atoms with Crippen molar-refractivity contribution in [1.82, 2.24) is 4.90 Å². The van der Waals surface area contributed by atoms with Crippen LogP contribution in [0.4, 0.5) is 4.39 Å². The molecular formula is C14H18FNO3S. The number of halogens is 1. The molecule has 1 heterocycles. The molecule has 1 aliphatic heterocycles. The highest BCUT2D eigenvalue weighted by Crippen LogP contribution is 2.22. The maximum Gasteiger partial charge on any atom is 0.253 e. The average Bonchev–Trinajstić information content (AvgIpc) is 2.41. The van der Waals surface area contributed by atoms with Crippen LogP contribution >= 0.6 is 12.6 Å². The second kappa shape index (κ2) is 6.11. The highest BCUT2D eigenvalue weighted by Gasteiger charge is 2.32. The predicted octanol–water partition coefficient (Wildman–Crippen LogP) is 1.73. The number of thiol groups is 1. The fourth-order valence-corrected chi connectivity index (χ4v) is 2.50. The minimum atomic E-state index is -0.910. The zero-order valence-electron chi connectivity index (χ0n) is 11.3. The summed E-state index contributed by atoms with van der Waals surface area (Å²) in [6.45, 7) is 1.22. The fourth-order valence-electron chi connectivity index (χ4n) is 2.29. The maximum absolute atomic E-state index is 13.1. The van der Waals surface area contributed by atoms with Gasteiger partial charge in [0.25, 0.3) is 5.91 Å². The summed E-state index contributed by atoms with van der Waals surface area (Å²) < 4.78 is 18.3. The third kappa shape index (κ3) is 3.50. The van der Waals surface area contributed by atoms with Gasteiger partial charge in [0, 0.05) is 50.1 Å². The van der Waals surface area contributed by atoms with Gasteiger partial charge >= 0.3 is 0 Å². The van der Waals surface area contributed by atoms with Crippen LogP contribution in [0.2, 0.25) is 0 Å². The monoisotopic (exact) mass is 299 g/mol. The molecule has 0 bridgehead atoms. The van der Waals surface area contributed by atoms with E-state index in [2.05, 4.69) is 12.6 Å². The Hall–Kier alpha value is -1.11. The first kappa shape index (κ1) is 15.3. The number of carbonyl (C=O) groups excluding carboxylic acids is 1. The van der Waals surface area contributed by atoms with E-state index in [4.69, 9.17) is 4.74 Å². The molecule has 1 fully saturated rings. The van der Waals surface area contributed by atoms with Crippen molar-refractivity contribution in [2.45, 2.75) is 23.3 Å². The van der Waals surface area contributed by atoms with Crippen molar-refractivity contribution < 1.29 is 19.0 Å². The van der Waals surface area contributed by atoms with Gasteiger partial charge < -0.3 is 14.7 Å². The van der Waals surface area contributed by atoms with Gasteiger partial charge in [0.15, 0.2) is 0 Å². The number of rotatable bonds is 3. The summed E-state index contributed by atoms with van der Waals surface area (Å²) in [6, 6.07) is 4.03. The molecule has 1 aliphatic rings. The summed E-state index contributed by atoms with van der Waals surface area (Å²) in [7, 11) is 1.62. The number of likely N-dealkylation sites (N-methyl/N-ethyl adjacent to an activating group) is 1. The molecule has 0 radical (unpaired) electrons. The molecule has 1 N–H and O–H groups in total. The highest BCUT2D eigenvalue weighted by molar-refractivity contribution is 7.80. The van der Waals surface area contributed by atoms with E-state index in [0.29, 0.717) is 31.6 Å². The van der Waals surface area contributed by atoms with Crippen molar-refractivity contribution in [3.63, 3.8) is 0 Å². The van der Waals surface area contributed by atoms with Gasteiger partial charge in [0.05, 0.1) is 5.60 Å². The van der Waals surface area contributed by atoms with Gasteiger partial charge in [-0.3, -0.25) is 4.79 Å². The van der Waals surface area contributed by atoms with Crippen LogP contribution in [-0.4, -0.2) is 48.3 Å². The van der Waals surface area contributed by atoms with Crippen LogP contribution in [0, 0.1) is 5.82 Å². The molecule has 0 aromatic heterocycles. The van der Waals surface area contributed by atoms with E-state index in [1.54, 1.807) is 7.05 Å². The second-order valence-electron chi connectivity index (χ2n) is 5.16. The Morgan fingerprint density at radius 1 is 1.50 bits per heavy atom. The standard InChI is InChI=1S/C14H18FNO3S/c1-16(9-14(18)4-6-19-7-5-14)13(17)10-2-3-11(15)12(20)8-10/h2-3,8,18,20H,4-7,9H2,1H3. The second-order valence-corrected chi connectivity index (χ2v) is 5.65. The van der Waals surface area contributed by atoms with Gasteiger partial charge in [-0.25, -0.2) is 4.39 Å². The van der Waals surface area contributed by atoms with Gasteiger partial charge in [-0.2, -0.15) is 0 Å². The summed E-state index contributed by atoms with van der Waals surface area (Å²) in [4.78, 5) is 13.8. The summed E-state index contributed by atoms with van der Waals surface area (Å²) in [5.74, 6) is -0.726. The molecule has 1 aromatic rings. The molecule has 1 amide bonds. The number of hydrogen-bond acceptors (Lipinski definition) is 4. The summed E-state index contributed by atoms with van der Waals surface area (Å²) >= 11 is 3.97. The van der Waals surface area contributed by atoms with Crippen LogP contribution in [0.25, 0.3) is 0 Å². The normalized spacial score (nSPS) is 17.8. The van der Waals surface area contributed by atoms with Gasteiger partial charge in [-0.1, -0.05) is 0 Å². The van der Waals surface area contributed by atoms with Gasteiger partial charge in [-0.15, -0.1) is 12.6 Å². The zero-order chi connectivity index (χ0) is 14.8. The van der Waals surface area contributed by atoms with Crippen LogP contribution < -0.4 is 0 Å². The van der Waals surface area contributed by atoms with E-state index >= 15 is 0 Å². The van der Waals surface area contributed by atoms with Crippen molar-refractivity contribution in [3.8, 4) is 0 Å². The van der Waals surface area contributed by atoms with Crippen molar-refractivity contribution in [2.24, 2.45) is 0 Å². The SMILES string of the molecule is CN(CC1(O)CCOCC1)C(=O)c1ccc(F)c(S)c1. The smallest absolute Gasteiger partial charge is 0.253 e. The summed E-state index contributed by atoms with van der Waals surface area (Å²) in [5, 5.41) is 10.4. The Balaban J connectivity index is 2.06. The summed E-state index contributed by atoms with van der Waals surface area (Å²) in [5.41, 5.74) is -0.554. The van der Waals surface area contributed by atoms with E-state index in [0.717, 1.165) is 0 Å². The number of aliphatic hydroxyl groups is 1. The van der Waals surface area contributed by atoms with Crippen LogP contribution in [0.1, 0.15) is 23.2 Å². The van der Waals surface area contributed by atoms with Crippen molar-refractivity contribution >= 4 is 18.5 Å². The Labute approximate surface area is 122 Å².